The Morgan fingerprint density at radius 3 is 2.28 bits per heavy atom. The Morgan fingerprint density at radius 1 is 0.931 bits per heavy atom. The Balaban J connectivity index is 1.77. The van der Waals surface area contributed by atoms with Crippen LogP contribution in [0.1, 0.15) is 35.2 Å². The van der Waals surface area contributed by atoms with E-state index in [2.05, 4.69) is 5.32 Å². The molecule has 0 aliphatic heterocycles. The molecule has 0 aromatic heterocycles. The van der Waals surface area contributed by atoms with Crippen LogP contribution >= 0.6 is 11.6 Å². The fourth-order valence-corrected chi connectivity index (χ4v) is 3.33. The minimum atomic E-state index is -0.315. The Bertz CT molecular complexity index is 1000. The van der Waals surface area contributed by atoms with E-state index in [0.717, 1.165) is 5.56 Å². The summed E-state index contributed by atoms with van der Waals surface area (Å²) in [5, 5.41) is 3.28. The standard InChI is InChI=1S/C24H23ClN2O2/c1-17(18-10-4-3-5-11-18)16-23(28)27(2)22-15-9-6-12-19(22)24(29)26-21-14-8-7-13-20(21)25/h3-15,17H,16H2,1-2H3,(H,26,29)/t17-/m1/s1. The lowest BCUT2D eigenvalue weighted by Crippen LogP contribution is -2.29. The molecule has 0 unspecified atom stereocenters. The zero-order valence-corrected chi connectivity index (χ0v) is 17.2. The van der Waals surface area contributed by atoms with Crippen LogP contribution in [0.25, 0.3) is 0 Å². The first-order valence-corrected chi connectivity index (χ1v) is 9.81. The van der Waals surface area contributed by atoms with Crippen molar-refractivity contribution in [2.24, 2.45) is 0 Å². The summed E-state index contributed by atoms with van der Waals surface area (Å²) >= 11 is 6.14. The predicted molar refractivity (Wildman–Crippen MR) is 119 cm³/mol. The number of amides is 2. The molecule has 3 aromatic carbocycles. The van der Waals surface area contributed by atoms with Gasteiger partial charge in [-0.05, 0) is 35.7 Å². The molecule has 0 radical (unpaired) electrons. The summed E-state index contributed by atoms with van der Waals surface area (Å²) in [5.74, 6) is -0.293. The van der Waals surface area contributed by atoms with Gasteiger partial charge in [0.25, 0.3) is 5.91 Å². The summed E-state index contributed by atoms with van der Waals surface area (Å²) in [5.41, 5.74) is 2.61. The Hall–Kier alpha value is -3.11. The van der Waals surface area contributed by atoms with Gasteiger partial charge in [0.05, 0.1) is 22.0 Å². The van der Waals surface area contributed by atoms with Gasteiger partial charge in [-0.25, -0.2) is 0 Å². The molecule has 0 aliphatic carbocycles. The van der Waals surface area contributed by atoms with Crippen molar-refractivity contribution in [2.75, 3.05) is 17.3 Å². The highest BCUT2D eigenvalue weighted by Crippen LogP contribution is 2.26. The van der Waals surface area contributed by atoms with Crippen LogP contribution in [0.15, 0.2) is 78.9 Å². The van der Waals surface area contributed by atoms with E-state index in [1.54, 1.807) is 54.4 Å². The number of benzene rings is 3. The third-order valence-electron chi connectivity index (χ3n) is 4.86. The summed E-state index contributed by atoms with van der Waals surface area (Å²) in [6, 6.07) is 24.0. The molecule has 5 heteroatoms. The fourth-order valence-electron chi connectivity index (χ4n) is 3.14. The second-order valence-electron chi connectivity index (χ2n) is 6.92. The number of hydrogen-bond acceptors (Lipinski definition) is 2. The molecule has 0 bridgehead atoms. The van der Waals surface area contributed by atoms with Gasteiger partial charge < -0.3 is 10.2 Å². The minimum absolute atomic E-state index is 0.0562. The molecule has 1 N–H and O–H groups in total. The van der Waals surface area contributed by atoms with E-state index < -0.39 is 0 Å². The molecule has 0 spiro atoms. The van der Waals surface area contributed by atoms with Crippen molar-refractivity contribution in [2.45, 2.75) is 19.3 Å². The van der Waals surface area contributed by atoms with E-state index >= 15 is 0 Å². The second-order valence-corrected chi connectivity index (χ2v) is 7.33. The van der Waals surface area contributed by atoms with Crippen LogP contribution in [0.5, 0.6) is 0 Å². The highest BCUT2D eigenvalue weighted by atomic mass is 35.5. The molecule has 0 fully saturated rings. The first-order chi connectivity index (χ1) is 14.0. The van der Waals surface area contributed by atoms with E-state index in [1.165, 1.54) is 0 Å². The average Bonchev–Trinajstić information content (AvgIpc) is 2.75. The van der Waals surface area contributed by atoms with Crippen molar-refractivity contribution >= 4 is 34.8 Å². The van der Waals surface area contributed by atoms with Gasteiger partial charge in [-0.2, -0.15) is 0 Å². The molecule has 4 nitrogen and oxygen atoms in total. The number of carbonyl (C=O) groups is 2. The summed E-state index contributed by atoms with van der Waals surface area (Å²) in [6.45, 7) is 2.02. The summed E-state index contributed by atoms with van der Waals surface area (Å²) in [6.07, 6.45) is 0.348. The molecule has 148 valence electrons. The topological polar surface area (TPSA) is 49.4 Å². The number of anilines is 2. The largest absolute Gasteiger partial charge is 0.321 e. The third kappa shape index (κ3) is 5.04. The third-order valence-corrected chi connectivity index (χ3v) is 5.19. The van der Waals surface area contributed by atoms with Crippen LogP contribution in [-0.2, 0) is 4.79 Å². The van der Waals surface area contributed by atoms with E-state index in [4.69, 9.17) is 11.6 Å². The van der Waals surface area contributed by atoms with Crippen LogP contribution in [0.3, 0.4) is 0 Å². The normalized spacial score (nSPS) is 11.6. The number of nitrogens with one attached hydrogen (secondary N) is 1. The second kappa shape index (κ2) is 9.39. The molecule has 0 heterocycles. The van der Waals surface area contributed by atoms with E-state index in [1.807, 2.05) is 43.3 Å². The highest BCUT2D eigenvalue weighted by Gasteiger charge is 2.21. The highest BCUT2D eigenvalue weighted by molar-refractivity contribution is 6.34. The van der Waals surface area contributed by atoms with Crippen LogP contribution in [0.4, 0.5) is 11.4 Å². The molecule has 3 aromatic rings. The lowest BCUT2D eigenvalue weighted by molar-refractivity contribution is -0.118. The number of rotatable bonds is 6. The van der Waals surface area contributed by atoms with E-state index in [-0.39, 0.29) is 17.7 Å². The van der Waals surface area contributed by atoms with Crippen LogP contribution in [0.2, 0.25) is 5.02 Å². The van der Waals surface area contributed by atoms with Crippen LogP contribution < -0.4 is 10.2 Å². The van der Waals surface area contributed by atoms with Crippen molar-refractivity contribution in [1.82, 2.24) is 0 Å². The van der Waals surface area contributed by atoms with Crippen molar-refractivity contribution in [1.29, 1.82) is 0 Å². The molecule has 29 heavy (non-hydrogen) atoms. The van der Waals surface area contributed by atoms with Gasteiger partial charge in [0.1, 0.15) is 0 Å². The number of carbonyl (C=O) groups excluding carboxylic acids is 2. The monoisotopic (exact) mass is 406 g/mol. The van der Waals surface area contributed by atoms with E-state index in [0.29, 0.717) is 28.4 Å². The quantitative estimate of drug-likeness (QED) is 0.566. The van der Waals surface area contributed by atoms with Crippen molar-refractivity contribution in [3.05, 3.63) is 95.0 Å². The lowest BCUT2D eigenvalue weighted by Gasteiger charge is -2.22. The maximum atomic E-state index is 12.9. The first kappa shape index (κ1) is 20.6. The number of nitrogens with zero attached hydrogens (tertiary/aromatic N) is 1. The maximum absolute atomic E-state index is 12.9. The fraction of sp³-hybridized carbons (Fsp3) is 0.167. The van der Waals surface area contributed by atoms with Crippen LogP contribution in [-0.4, -0.2) is 18.9 Å². The SMILES string of the molecule is C[C@H](CC(=O)N(C)c1ccccc1C(=O)Nc1ccccc1Cl)c1ccccc1. The molecule has 3 rings (SSSR count). The molecular formula is C24H23ClN2O2. The minimum Gasteiger partial charge on any atom is -0.321 e. The number of hydrogen-bond donors (Lipinski definition) is 1. The zero-order valence-electron chi connectivity index (χ0n) is 16.4. The lowest BCUT2D eigenvalue weighted by atomic mass is 9.97. The number of para-hydroxylation sites is 2. The Labute approximate surface area is 176 Å². The first-order valence-electron chi connectivity index (χ1n) is 9.43. The van der Waals surface area contributed by atoms with Crippen LogP contribution in [0, 0.1) is 0 Å². The number of halogens is 1. The summed E-state index contributed by atoms with van der Waals surface area (Å²) in [7, 11) is 1.70. The van der Waals surface area contributed by atoms with Gasteiger partial charge in [0.15, 0.2) is 0 Å². The molecule has 0 saturated carbocycles. The van der Waals surface area contributed by atoms with Gasteiger partial charge >= 0.3 is 0 Å². The summed E-state index contributed by atoms with van der Waals surface area (Å²) < 4.78 is 0. The van der Waals surface area contributed by atoms with Crippen molar-refractivity contribution in [3.8, 4) is 0 Å². The smallest absolute Gasteiger partial charge is 0.257 e. The average molecular weight is 407 g/mol. The maximum Gasteiger partial charge on any atom is 0.257 e. The van der Waals surface area contributed by atoms with Gasteiger partial charge in [-0.15, -0.1) is 0 Å². The van der Waals surface area contributed by atoms with Gasteiger partial charge in [-0.1, -0.05) is 73.1 Å². The molecule has 0 saturated heterocycles. The molecule has 2 amide bonds. The van der Waals surface area contributed by atoms with Crippen molar-refractivity contribution < 1.29 is 9.59 Å². The molecule has 0 aliphatic rings. The zero-order chi connectivity index (χ0) is 20.8. The van der Waals surface area contributed by atoms with Gasteiger partial charge in [-0.3, -0.25) is 9.59 Å². The molecule has 1 atom stereocenters. The van der Waals surface area contributed by atoms with E-state index in [9.17, 15) is 9.59 Å². The Morgan fingerprint density at radius 2 is 1.55 bits per heavy atom. The summed E-state index contributed by atoms with van der Waals surface area (Å²) in [4.78, 5) is 27.3. The van der Waals surface area contributed by atoms with Crippen molar-refractivity contribution in [3.63, 3.8) is 0 Å². The Kier molecular flexibility index (Phi) is 6.68. The predicted octanol–water partition coefficient (Wildman–Crippen LogP) is 5.75. The van der Waals surface area contributed by atoms with Gasteiger partial charge in [0.2, 0.25) is 5.91 Å². The van der Waals surface area contributed by atoms with Gasteiger partial charge in [0, 0.05) is 13.5 Å². The molecular weight excluding hydrogens is 384 g/mol.